The normalized spacial score (nSPS) is 18.0. The van der Waals surface area contributed by atoms with Gasteiger partial charge in [0.25, 0.3) is 5.91 Å². The van der Waals surface area contributed by atoms with Gasteiger partial charge in [0.1, 0.15) is 11.6 Å². The molecule has 0 N–H and O–H groups in total. The Morgan fingerprint density at radius 1 is 0.812 bits per heavy atom. The number of likely N-dealkylation sites (tertiary alicyclic amines) is 1. The van der Waals surface area contributed by atoms with Crippen LogP contribution in [0.1, 0.15) is 41.6 Å². The smallest absolute Gasteiger partial charge is 0.253 e. The minimum atomic E-state index is -0.319. The number of nitrogens with zero attached hydrogens (tertiary/aromatic N) is 3. The maximum absolute atomic E-state index is 13.1. The summed E-state index contributed by atoms with van der Waals surface area (Å²) in [4.78, 5) is 19.3. The molecule has 2 aliphatic heterocycles. The third-order valence-corrected chi connectivity index (χ3v) is 6.42. The first-order valence-electron chi connectivity index (χ1n) is 11.9. The fourth-order valence-corrected chi connectivity index (χ4v) is 4.49. The SMILES string of the molecule is O=C(c1ccc(F)cc1)N1CCN(Cc2ccc(OCCCN3CCCCC3)cc2)CC1. The van der Waals surface area contributed by atoms with Crippen LogP contribution in [0, 0.1) is 5.82 Å². The second-order valence-electron chi connectivity index (χ2n) is 8.82. The monoisotopic (exact) mass is 439 g/mol. The quantitative estimate of drug-likeness (QED) is 0.582. The average molecular weight is 440 g/mol. The van der Waals surface area contributed by atoms with Crippen LogP contribution in [0.15, 0.2) is 48.5 Å². The van der Waals surface area contributed by atoms with E-state index in [2.05, 4.69) is 34.1 Å². The number of carbonyl (C=O) groups excluding carboxylic acids is 1. The molecule has 2 aliphatic rings. The van der Waals surface area contributed by atoms with Crippen molar-refractivity contribution in [2.45, 2.75) is 32.2 Å². The summed E-state index contributed by atoms with van der Waals surface area (Å²) < 4.78 is 19.0. The maximum atomic E-state index is 13.1. The molecule has 5 nitrogen and oxygen atoms in total. The third kappa shape index (κ3) is 6.53. The number of carbonyl (C=O) groups is 1. The summed E-state index contributed by atoms with van der Waals surface area (Å²) in [6.07, 6.45) is 5.12. The molecule has 2 aromatic carbocycles. The zero-order valence-electron chi connectivity index (χ0n) is 18.8. The Balaban J connectivity index is 1.16. The summed E-state index contributed by atoms with van der Waals surface area (Å²) in [5.41, 5.74) is 1.80. The molecule has 172 valence electrons. The molecular formula is C26H34FN3O2. The number of amides is 1. The zero-order chi connectivity index (χ0) is 22.2. The molecule has 2 saturated heterocycles. The summed E-state index contributed by atoms with van der Waals surface area (Å²) in [6.45, 7) is 8.29. The van der Waals surface area contributed by atoms with Gasteiger partial charge in [0.15, 0.2) is 0 Å². The van der Waals surface area contributed by atoms with Crippen LogP contribution in [0.2, 0.25) is 0 Å². The van der Waals surface area contributed by atoms with Gasteiger partial charge in [-0.05, 0) is 74.3 Å². The fourth-order valence-electron chi connectivity index (χ4n) is 4.49. The van der Waals surface area contributed by atoms with Crippen LogP contribution in [0.5, 0.6) is 5.75 Å². The average Bonchev–Trinajstić information content (AvgIpc) is 2.84. The number of halogens is 1. The predicted molar refractivity (Wildman–Crippen MR) is 124 cm³/mol. The van der Waals surface area contributed by atoms with E-state index in [-0.39, 0.29) is 11.7 Å². The number of rotatable bonds is 8. The van der Waals surface area contributed by atoms with Crippen LogP contribution in [-0.4, -0.2) is 73.0 Å². The van der Waals surface area contributed by atoms with E-state index in [1.54, 1.807) is 12.1 Å². The van der Waals surface area contributed by atoms with Crippen molar-refractivity contribution in [3.63, 3.8) is 0 Å². The number of piperidine rings is 1. The van der Waals surface area contributed by atoms with Gasteiger partial charge >= 0.3 is 0 Å². The molecule has 0 atom stereocenters. The van der Waals surface area contributed by atoms with Crippen molar-refractivity contribution in [2.24, 2.45) is 0 Å². The van der Waals surface area contributed by atoms with Crippen molar-refractivity contribution < 1.29 is 13.9 Å². The van der Waals surface area contributed by atoms with Gasteiger partial charge in [-0.3, -0.25) is 9.69 Å². The van der Waals surface area contributed by atoms with Gasteiger partial charge in [-0.15, -0.1) is 0 Å². The van der Waals surface area contributed by atoms with E-state index in [1.165, 1.54) is 50.0 Å². The van der Waals surface area contributed by atoms with Gasteiger partial charge in [0.05, 0.1) is 6.61 Å². The van der Waals surface area contributed by atoms with Crippen molar-refractivity contribution in [3.05, 3.63) is 65.5 Å². The summed E-state index contributed by atoms with van der Waals surface area (Å²) in [7, 11) is 0. The van der Waals surface area contributed by atoms with Crippen molar-refractivity contribution in [1.29, 1.82) is 0 Å². The molecule has 2 heterocycles. The van der Waals surface area contributed by atoms with E-state index in [9.17, 15) is 9.18 Å². The Labute approximate surface area is 190 Å². The second-order valence-corrected chi connectivity index (χ2v) is 8.82. The first-order chi connectivity index (χ1) is 15.7. The van der Waals surface area contributed by atoms with Crippen LogP contribution >= 0.6 is 0 Å². The van der Waals surface area contributed by atoms with Gasteiger partial charge < -0.3 is 14.5 Å². The first kappa shape index (κ1) is 22.7. The van der Waals surface area contributed by atoms with Crippen LogP contribution < -0.4 is 4.74 Å². The minimum Gasteiger partial charge on any atom is -0.494 e. The maximum Gasteiger partial charge on any atom is 0.253 e. The van der Waals surface area contributed by atoms with E-state index < -0.39 is 0 Å². The molecule has 2 fully saturated rings. The van der Waals surface area contributed by atoms with Crippen molar-refractivity contribution in [2.75, 3.05) is 52.4 Å². The lowest BCUT2D eigenvalue weighted by molar-refractivity contribution is 0.0628. The lowest BCUT2D eigenvalue weighted by Gasteiger charge is -2.34. The molecule has 0 spiro atoms. The highest BCUT2D eigenvalue weighted by Gasteiger charge is 2.22. The highest BCUT2D eigenvalue weighted by atomic mass is 19.1. The number of hydrogen-bond acceptors (Lipinski definition) is 4. The second kappa shape index (κ2) is 11.4. The molecule has 0 aliphatic carbocycles. The fraction of sp³-hybridized carbons (Fsp3) is 0.500. The van der Waals surface area contributed by atoms with E-state index in [4.69, 9.17) is 4.74 Å². The van der Waals surface area contributed by atoms with Crippen molar-refractivity contribution in [1.82, 2.24) is 14.7 Å². The largest absolute Gasteiger partial charge is 0.494 e. The molecule has 0 radical (unpaired) electrons. The van der Waals surface area contributed by atoms with Crippen LogP contribution in [-0.2, 0) is 6.54 Å². The molecular weight excluding hydrogens is 405 g/mol. The number of hydrogen-bond donors (Lipinski definition) is 0. The Kier molecular flexibility index (Phi) is 8.13. The van der Waals surface area contributed by atoms with Gasteiger partial charge in [0.2, 0.25) is 0 Å². The zero-order valence-corrected chi connectivity index (χ0v) is 18.8. The lowest BCUT2D eigenvalue weighted by Crippen LogP contribution is -2.48. The topological polar surface area (TPSA) is 36.0 Å². The van der Waals surface area contributed by atoms with Gasteiger partial charge in [-0.1, -0.05) is 18.6 Å². The Bertz CT molecular complexity index is 842. The standard InChI is InChI=1S/C26H34FN3O2/c27-24-9-7-23(8-10-24)26(31)30-18-16-29(17-19-30)21-22-5-11-25(12-6-22)32-20-4-15-28-13-2-1-3-14-28/h5-12H,1-4,13-21H2. The minimum absolute atomic E-state index is 0.0218. The Hall–Kier alpha value is -2.44. The summed E-state index contributed by atoms with van der Waals surface area (Å²) in [5.74, 6) is 0.591. The predicted octanol–water partition coefficient (Wildman–Crippen LogP) is 4.04. The molecule has 2 aromatic rings. The van der Waals surface area contributed by atoms with Gasteiger partial charge in [-0.2, -0.15) is 0 Å². The van der Waals surface area contributed by atoms with Crippen LogP contribution in [0.3, 0.4) is 0 Å². The number of piperazine rings is 1. The highest BCUT2D eigenvalue weighted by molar-refractivity contribution is 5.94. The molecule has 32 heavy (non-hydrogen) atoms. The molecule has 0 bridgehead atoms. The van der Waals surface area contributed by atoms with Crippen LogP contribution in [0.4, 0.5) is 4.39 Å². The third-order valence-electron chi connectivity index (χ3n) is 6.42. The van der Waals surface area contributed by atoms with Crippen molar-refractivity contribution >= 4 is 5.91 Å². The number of ether oxygens (including phenoxy) is 1. The van der Waals surface area contributed by atoms with E-state index in [1.807, 2.05) is 4.90 Å². The summed E-state index contributed by atoms with van der Waals surface area (Å²) in [6, 6.07) is 14.2. The van der Waals surface area contributed by atoms with Crippen LogP contribution in [0.25, 0.3) is 0 Å². The Morgan fingerprint density at radius 2 is 1.50 bits per heavy atom. The molecule has 0 aromatic heterocycles. The van der Waals surface area contributed by atoms with E-state index >= 15 is 0 Å². The van der Waals surface area contributed by atoms with E-state index in [0.29, 0.717) is 18.7 Å². The summed E-state index contributed by atoms with van der Waals surface area (Å²) in [5, 5.41) is 0. The molecule has 0 saturated carbocycles. The van der Waals surface area contributed by atoms with E-state index in [0.717, 1.165) is 45.0 Å². The van der Waals surface area contributed by atoms with Gasteiger partial charge in [0, 0.05) is 44.8 Å². The number of benzene rings is 2. The first-order valence-corrected chi connectivity index (χ1v) is 11.9. The molecule has 0 unspecified atom stereocenters. The molecule has 1 amide bonds. The molecule has 4 rings (SSSR count). The summed E-state index contributed by atoms with van der Waals surface area (Å²) >= 11 is 0. The Morgan fingerprint density at radius 3 is 2.19 bits per heavy atom. The lowest BCUT2D eigenvalue weighted by atomic mass is 10.1. The molecule has 6 heteroatoms. The van der Waals surface area contributed by atoms with Gasteiger partial charge in [-0.25, -0.2) is 4.39 Å². The van der Waals surface area contributed by atoms with Crippen molar-refractivity contribution in [3.8, 4) is 5.75 Å². The highest BCUT2D eigenvalue weighted by Crippen LogP contribution is 2.16.